The lowest BCUT2D eigenvalue weighted by Gasteiger charge is -2.12. The minimum absolute atomic E-state index is 0.127. The largest absolute Gasteiger partial charge is 0.497 e. The third-order valence-electron chi connectivity index (χ3n) is 6.60. The van der Waals surface area contributed by atoms with Crippen LogP contribution < -0.4 is 24.3 Å². The topological polar surface area (TPSA) is 101 Å². The second-order valence-corrected chi connectivity index (χ2v) is 9.34. The minimum atomic E-state index is -0.568. The van der Waals surface area contributed by atoms with Gasteiger partial charge in [0.05, 0.1) is 32.6 Å². The molecule has 1 heterocycles. The summed E-state index contributed by atoms with van der Waals surface area (Å²) in [6.07, 6.45) is 0. The molecule has 0 saturated carbocycles. The number of hydrogen-bond acceptors (Lipinski definition) is 7. The number of carbonyl (C=O) groups is 2. The maximum atomic E-state index is 13.8. The molecule has 5 rings (SSSR count). The number of methoxy groups -OCH3 is 3. The monoisotopic (exact) mass is 581 g/mol. The van der Waals surface area contributed by atoms with Crippen LogP contribution in [0.4, 0.5) is 10.1 Å². The molecule has 0 fully saturated rings. The van der Waals surface area contributed by atoms with Gasteiger partial charge in [0.25, 0.3) is 5.91 Å². The summed E-state index contributed by atoms with van der Waals surface area (Å²) in [6, 6.07) is 24.7. The highest BCUT2D eigenvalue weighted by atomic mass is 19.1. The number of aromatic nitrogens is 2. The van der Waals surface area contributed by atoms with Gasteiger partial charge >= 0.3 is 5.97 Å². The van der Waals surface area contributed by atoms with Crippen LogP contribution >= 0.6 is 0 Å². The van der Waals surface area contributed by atoms with Gasteiger partial charge in [0.2, 0.25) is 5.88 Å². The maximum Gasteiger partial charge on any atom is 0.309 e. The van der Waals surface area contributed by atoms with Crippen LogP contribution in [0.3, 0.4) is 0 Å². The van der Waals surface area contributed by atoms with Gasteiger partial charge in [-0.05, 0) is 78.4 Å². The summed E-state index contributed by atoms with van der Waals surface area (Å²) >= 11 is 0. The number of carbonyl (C=O) groups excluding carboxylic acids is 2. The van der Waals surface area contributed by atoms with Crippen molar-refractivity contribution >= 4 is 17.6 Å². The fraction of sp³-hybridized carbons (Fsp3) is 0.121. The van der Waals surface area contributed by atoms with Gasteiger partial charge in [0.15, 0.2) is 0 Å². The van der Waals surface area contributed by atoms with Gasteiger partial charge in [-0.2, -0.15) is 9.78 Å². The van der Waals surface area contributed by atoms with Crippen LogP contribution in [0.5, 0.6) is 23.1 Å². The first-order valence-electron chi connectivity index (χ1n) is 13.2. The van der Waals surface area contributed by atoms with Crippen LogP contribution in [0, 0.1) is 5.82 Å². The molecular weight excluding hydrogens is 553 g/mol. The Morgan fingerprint density at radius 2 is 1.44 bits per heavy atom. The lowest BCUT2D eigenvalue weighted by molar-refractivity contribution is -0.132. The smallest absolute Gasteiger partial charge is 0.309 e. The molecule has 0 atom stereocenters. The zero-order valence-corrected chi connectivity index (χ0v) is 23.9. The average Bonchev–Trinajstić information content (AvgIpc) is 3.39. The molecule has 0 unspecified atom stereocenters. The van der Waals surface area contributed by atoms with Gasteiger partial charge < -0.3 is 24.3 Å². The predicted molar refractivity (Wildman–Crippen MR) is 160 cm³/mol. The zero-order chi connectivity index (χ0) is 30.5. The summed E-state index contributed by atoms with van der Waals surface area (Å²) in [4.78, 5) is 25.1. The SMILES string of the molecule is COc1ccc(C(=O)Nc2ccc(-c3c(-c4ccc(OC)cc4OC)nn(-c4ccc(F)cc4)c3OC(C)=O)cc2)cc1. The van der Waals surface area contributed by atoms with Crippen molar-refractivity contribution in [1.82, 2.24) is 9.78 Å². The van der Waals surface area contributed by atoms with Gasteiger partial charge in [0.1, 0.15) is 28.8 Å². The lowest BCUT2D eigenvalue weighted by Crippen LogP contribution is -2.11. The molecular formula is C33H28FN3O6. The lowest BCUT2D eigenvalue weighted by atomic mass is 10.00. The Bertz CT molecular complexity index is 1760. The molecule has 4 aromatic carbocycles. The number of amides is 1. The Hall–Kier alpha value is -5.64. The molecule has 0 saturated heterocycles. The first-order valence-corrected chi connectivity index (χ1v) is 13.2. The Morgan fingerprint density at radius 1 is 0.791 bits per heavy atom. The number of nitrogens with zero attached hydrogens (tertiary/aromatic N) is 2. The molecule has 0 radical (unpaired) electrons. The van der Waals surface area contributed by atoms with Gasteiger partial charge in [0, 0.05) is 29.8 Å². The van der Waals surface area contributed by atoms with Crippen LogP contribution in [0.25, 0.3) is 28.1 Å². The van der Waals surface area contributed by atoms with E-state index in [-0.39, 0.29) is 11.8 Å². The molecule has 43 heavy (non-hydrogen) atoms. The molecule has 1 N–H and O–H groups in total. The van der Waals surface area contributed by atoms with E-state index in [9.17, 15) is 14.0 Å². The molecule has 0 aliphatic carbocycles. The summed E-state index contributed by atoms with van der Waals surface area (Å²) in [7, 11) is 4.64. The molecule has 10 heteroatoms. The molecule has 1 aromatic heterocycles. The van der Waals surface area contributed by atoms with Gasteiger partial charge in [-0.15, -0.1) is 0 Å². The summed E-state index contributed by atoms with van der Waals surface area (Å²) in [5, 5.41) is 7.69. The van der Waals surface area contributed by atoms with Crippen molar-refractivity contribution < 1.29 is 32.9 Å². The van der Waals surface area contributed by atoms with Gasteiger partial charge in [-0.3, -0.25) is 9.59 Å². The number of rotatable bonds is 9. The predicted octanol–water partition coefficient (Wildman–Crippen LogP) is 6.55. The molecule has 218 valence electrons. The van der Waals surface area contributed by atoms with E-state index >= 15 is 0 Å². The number of hydrogen-bond donors (Lipinski definition) is 1. The summed E-state index contributed by atoms with van der Waals surface area (Å²) in [6.45, 7) is 1.29. The maximum absolute atomic E-state index is 13.8. The van der Waals surface area contributed by atoms with Crippen LogP contribution in [-0.4, -0.2) is 43.0 Å². The van der Waals surface area contributed by atoms with Crippen molar-refractivity contribution in [1.29, 1.82) is 0 Å². The third kappa shape index (κ3) is 6.18. The van der Waals surface area contributed by atoms with Crippen LogP contribution in [-0.2, 0) is 4.79 Å². The molecule has 1 amide bonds. The first kappa shape index (κ1) is 28.9. The van der Waals surface area contributed by atoms with E-state index in [4.69, 9.17) is 24.0 Å². The first-order chi connectivity index (χ1) is 20.8. The summed E-state index contributed by atoms with van der Waals surface area (Å²) in [5.41, 5.74) is 3.65. The molecule has 5 aromatic rings. The van der Waals surface area contributed by atoms with Crippen LogP contribution in [0.1, 0.15) is 17.3 Å². The third-order valence-corrected chi connectivity index (χ3v) is 6.60. The van der Waals surface area contributed by atoms with E-state index in [1.807, 2.05) is 0 Å². The second kappa shape index (κ2) is 12.5. The van der Waals surface area contributed by atoms with Crippen molar-refractivity contribution in [3.05, 3.63) is 102 Å². The number of ether oxygens (including phenoxy) is 4. The molecule has 9 nitrogen and oxygen atoms in total. The number of anilines is 1. The number of halogens is 1. The Morgan fingerprint density at radius 3 is 2.05 bits per heavy atom. The van der Waals surface area contributed by atoms with E-state index in [1.54, 1.807) is 80.9 Å². The fourth-order valence-electron chi connectivity index (χ4n) is 4.50. The zero-order valence-electron chi connectivity index (χ0n) is 23.9. The van der Waals surface area contributed by atoms with E-state index in [1.165, 1.54) is 43.0 Å². The Balaban J connectivity index is 1.62. The Kier molecular flexibility index (Phi) is 8.38. The normalized spacial score (nSPS) is 10.6. The minimum Gasteiger partial charge on any atom is -0.497 e. The van der Waals surface area contributed by atoms with Gasteiger partial charge in [-0.25, -0.2) is 4.39 Å². The van der Waals surface area contributed by atoms with E-state index in [2.05, 4.69) is 5.32 Å². The average molecular weight is 582 g/mol. The van der Waals surface area contributed by atoms with Crippen LogP contribution in [0.15, 0.2) is 91.0 Å². The highest BCUT2D eigenvalue weighted by molar-refractivity contribution is 6.04. The van der Waals surface area contributed by atoms with Crippen molar-refractivity contribution in [2.24, 2.45) is 0 Å². The van der Waals surface area contributed by atoms with Crippen molar-refractivity contribution in [2.75, 3.05) is 26.6 Å². The highest BCUT2D eigenvalue weighted by Gasteiger charge is 2.26. The van der Waals surface area contributed by atoms with Crippen molar-refractivity contribution in [2.45, 2.75) is 6.92 Å². The number of nitrogens with one attached hydrogen (secondary N) is 1. The number of esters is 1. The highest BCUT2D eigenvalue weighted by Crippen LogP contribution is 2.44. The van der Waals surface area contributed by atoms with Crippen molar-refractivity contribution in [3.8, 4) is 51.2 Å². The summed E-state index contributed by atoms with van der Waals surface area (Å²) in [5.74, 6) is 0.552. The van der Waals surface area contributed by atoms with E-state index in [0.717, 1.165) is 0 Å². The molecule has 0 spiro atoms. The quantitative estimate of drug-likeness (QED) is 0.197. The summed E-state index contributed by atoms with van der Waals surface area (Å²) < 4.78 is 37.1. The standard InChI is InChI=1S/C33H28FN3O6/c1-20(38)43-33-30(21-5-11-24(12-6-21)35-32(39)22-7-15-26(40-2)16-8-22)31(28-18-17-27(41-3)19-29(28)42-4)36-37(33)25-13-9-23(34)10-14-25/h5-19H,1-4H3,(H,35,39). The second-order valence-electron chi connectivity index (χ2n) is 9.34. The Labute approximate surface area is 247 Å². The van der Waals surface area contributed by atoms with E-state index < -0.39 is 11.8 Å². The van der Waals surface area contributed by atoms with Crippen molar-refractivity contribution in [3.63, 3.8) is 0 Å². The molecule has 0 bridgehead atoms. The molecule has 0 aliphatic heterocycles. The van der Waals surface area contributed by atoms with Gasteiger partial charge in [-0.1, -0.05) is 12.1 Å². The van der Waals surface area contributed by atoms with Crippen LogP contribution in [0.2, 0.25) is 0 Å². The molecule has 0 aliphatic rings. The number of benzene rings is 4. The van der Waals surface area contributed by atoms with E-state index in [0.29, 0.717) is 56.6 Å². The fourth-order valence-corrected chi connectivity index (χ4v) is 4.50.